The van der Waals surface area contributed by atoms with E-state index in [1.165, 1.54) is 11.8 Å². The van der Waals surface area contributed by atoms with E-state index in [0.29, 0.717) is 5.56 Å². The zero-order chi connectivity index (χ0) is 12.4. The number of nitrogens with zero attached hydrogens (tertiary/aromatic N) is 2. The van der Waals surface area contributed by atoms with E-state index in [2.05, 4.69) is 5.10 Å². The van der Waals surface area contributed by atoms with Gasteiger partial charge in [-0.1, -0.05) is 23.4 Å². The maximum Gasteiger partial charge on any atom is 0.336 e. The topological polar surface area (TPSA) is 55.1 Å². The van der Waals surface area contributed by atoms with Crippen molar-refractivity contribution in [2.75, 3.05) is 0 Å². The molecule has 0 fully saturated rings. The fourth-order valence-corrected chi connectivity index (χ4v) is 2.43. The van der Waals surface area contributed by atoms with Gasteiger partial charge in [0.2, 0.25) is 0 Å². The summed E-state index contributed by atoms with van der Waals surface area (Å²) in [7, 11) is 1.83. The summed E-state index contributed by atoms with van der Waals surface area (Å²) in [6.45, 7) is 1.88. The van der Waals surface area contributed by atoms with Crippen molar-refractivity contribution < 1.29 is 9.90 Å². The number of hydrogen-bond acceptors (Lipinski definition) is 3. The van der Waals surface area contributed by atoms with E-state index in [9.17, 15) is 4.79 Å². The Kier molecular flexibility index (Phi) is 3.19. The highest BCUT2D eigenvalue weighted by Gasteiger charge is 2.11. The monoisotopic (exact) mass is 248 g/mol. The summed E-state index contributed by atoms with van der Waals surface area (Å²) in [5, 5.41) is 13.2. The Morgan fingerprint density at radius 1 is 1.47 bits per heavy atom. The van der Waals surface area contributed by atoms with Gasteiger partial charge in [-0.25, -0.2) is 4.79 Å². The van der Waals surface area contributed by atoms with Crippen LogP contribution in [-0.2, 0) is 7.05 Å². The Balaban J connectivity index is 2.35. The molecule has 2 rings (SSSR count). The lowest BCUT2D eigenvalue weighted by Crippen LogP contribution is -1.99. The van der Waals surface area contributed by atoms with Crippen molar-refractivity contribution in [3.05, 3.63) is 41.7 Å². The number of carbonyl (C=O) groups is 1. The van der Waals surface area contributed by atoms with Crippen molar-refractivity contribution in [3.8, 4) is 0 Å². The van der Waals surface area contributed by atoms with Crippen molar-refractivity contribution >= 4 is 17.7 Å². The van der Waals surface area contributed by atoms with Crippen LogP contribution in [0.2, 0.25) is 0 Å². The SMILES string of the molecule is Cc1ccc(Sc2cnn(C)c2)c(C(=O)O)c1. The maximum atomic E-state index is 11.1. The van der Waals surface area contributed by atoms with Gasteiger partial charge in [-0.15, -0.1) is 0 Å². The average molecular weight is 248 g/mol. The van der Waals surface area contributed by atoms with Gasteiger partial charge in [0.05, 0.1) is 16.7 Å². The van der Waals surface area contributed by atoms with Crippen LogP contribution in [0.3, 0.4) is 0 Å². The van der Waals surface area contributed by atoms with Gasteiger partial charge in [-0.2, -0.15) is 5.10 Å². The van der Waals surface area contributed by atoms with Crippen molar-refractivity contribution in [3.63, 3.8) is 0 Å². The summed E-state index contributed by atoms with van der Waals surface area (Å²) >= 11 is 1.41. The van der Waals surface area contributed by atoms with E-state index in [-0.39, 0.29) is 0 Å². The normalized spacial score (nSPS) is 10.5. The molecule has 0 radical (unpaired) electrons. The Labute approximate surface area is 103 Å². The molecule has 0 aliphatic heterocycles. The van der Waals surface area contributed by atoms with Gasteiger partial charge < -0.3 is 5.11 Å². The minimum absolute atomic E-state index is 0.332. The van der Waals surface area contributed by atoms with Crippen LogP contribution in [-0.4, -0.2) is 20.9 Å². The molecule has 1 N–H and O–H groups in total. The van der Waals surface area contributed by atoms with E-state index in [1.54, 1.807) is 16.9 Å². The summed E-state index contributed by atoms with van der Waals surface area (Å²) in [6.07, 6.45) is 3.58. The molecule has 1 aromatic carbocycles. The molecule has 5 heteroatoms. The number of aryl methyl sites for hydroxylation is 2. The van der Waals surface area contributed by atoms with E-state index >= 15 is 0 Å². The van der Waals surface area contributed by atoms with E-state index < -0.39 is 5.97 Å². The van der Waals surface area contributed by atoms with Gasteiger partial charge in [-0.05, 0) is 19.1 Å². The fraction of sp³-hybridized carbons (Fsp3) is 0.167. The molecule has 1 aromatic heterocycles. The molecule has 88 valence electrons. The third-order valence-corrected chi connectivity index (χ3v) is 3.30. The van der Waals surface area contributed by atoms with Crippen LogP contribution in [0.15, 0.2) is 40.4 Å². The number of rotatable bonds is 3. The number of carboxylic acids is 1. The van der Waals surface area contributed by atoms with Crippen molar-refractivity contribution in [1.29, 1.82) is 0 Å². The van der Waals surface area contributed by atoms with Crippen LogP contribution < -0.4 is 0 Å². The molecule has 17 heavy (non-hydrogen) atoms. The summed E-state index contributed by atoms with van der Waals surface area (Å²) in [5.74, 6) is -0.903. The van der Waals surface area contributed by atoms with Crippen LogP contribution in [0, 0.1) is 6.92 Å². The Hall–Kier alpha value is -1.75. The molecule has 2 aromatic rings. The third kappa shape index (κ3) is 2.68. The van der Waals surface area contributed by atoms with Gasteiger partial charge in [-0.3, -0.25) is 4.68 Å². The molecule has 4 nitrogen and oxygen atoms in total. The molecule has 0 unspecified atom stereocenters. The van der Waals surface area contributed by atoms with Gasteiger partial charge in [0.25, 0.3) is 0 Å². The number of benzene rings is 1. The molecule has 0 saturated heterocycles. The molecule has 0 atom stereocenters. The van der Waals surface area contributed by atoms with E-state index in [4.69, 9.17) is 5.11 Å². The highest BCUT2D eigenvalue weighted by atomic mass is 32.2. The van der Waals surface area contributed by atoms with Crippen molar-refractivity contribution in [1.82, 2.24) is 9.78 Å². The maximum absolute atomic E-state index is 11.1. The summed E-state index contributed by atoms with van der Waals surface area (Å²) in [5.41, 5.74) is 1.27. The summed E-state index contributed by atoms with van der Waals surface area (Å²) in [6, 6.07) is 5.42. The first-order valence-corrected chi connectivity index (χ1v) is 5.88. The summed E-state index contributed by atoms with van der Waals surface area (Å²) in [4.78, 5) is 12.8. The lowest BCUT2D eigenvalue weighted by Gasteiger charge is -2.05. The van der Waals surface area contributed by atoms with Gasteiger partial charge in [0.1, 0.15) is 0 Å². The zero-order valence-corrected chi connectivity index (χ0v) is 10.4. The Morgan fingerprint density at radius 3 is 2.82 bits per heavy atom. The molecular formula is C12H12N2O2S. The smallest absolute Gasteiger partial charge is 0.336 e. The molecule has 0 saturated carbocycles. The minimum atomic E-state index is -0.903. The van der Waals surface area contributed by atoms with Crippen LogP contribution in [0.1, 0.15) is 15.9 Å². The molecule has 0 aliphatic rings. The van der Waals surface area contributed by atoms with Crippen LogP contribution >= 0.6 is 11.8 Å². The fourth-order valence-electron chi connectivity index (χ4n) is 1.48. The quantitative estimate of drug-likeness (QED) is 0.907. The second-order valence-electron chi connectivity index (χ2n) is 3.76. The predicted octanol–water partition coefficient (Wildman–Crippen LogP) is 2.58. The lowest BCUT2D eigenvalue weighted by atomic mass is 10.1. The van der Waals surface area contributed by atoms with Crippen molar-refractivity contribution in [2.45, 2.75) is 16.7 Å². The van der Waals surface area contributed by atoms with Crippen LogP contribution in [0.4, 0.5) is 0 Å². The van der Waals surface area contributed by atoms with Crippen LogP contribution in [0.25, 0.3) is 0 Å². The second-order valence-corrected chi connectivity index (χ2v) is 4.87. The molecule has 0 amide bonds. The highest BCUT2D eigenvalue weighted by Crippen LogP contribution is 2.30. The molecule has 0 bridgehead atoms. The van der Waals surface area contributed by atoms with E-state index in [1.807, 2.05) is 32.3 Å². The van der Waals surface area contributed by atoms with Gasteiger partial charge in [0, 0.05) is 18.1 Å². The largest absolute Gasteiger partial charge is 0.478 e. The number of hydrogen-bond donors (Lipinski definition) is 1. The standard InChI is InChI=1S/C12H12N2O2S/c1-8-3-4-11(10(5-8)12(15)16)17-9-6-13-14(2)7-9/h3-7H,1-2H3,(H,15,16). The molecular weight excluding hydrogens is 236 g/mol. The Morgan fingerprint density at radius 2 is 2.24 bits per heavy atom. The van der Waals surface area contributed by atoms with Crippen LogP contribution in [0.5, 0.6) is 0 Å². The first kappa shape index (κ1) is 11.7. The van der Waals surface area contributed by atoms with Gasteiger partial charge >= 0.3 is 5.97 Å². The zero-order valence-electron chi connectivity index (χ0n) is 9.54. The number of aromatic carboxylic acids is 1. The lowest BCUT2D eigenvalue weighted by molar-refractivity contribution is 0.0693. The summed E-state index contributed by atoms with van der Waals surface area (Å²) < 4.78 is 1.69. The molecule has 0 aliphatic carbocycles. The third-order valence-electron chi connectivity index (χ3n) is 2.27. The van der Waals surface area contributed by atoms with E-state index in [0.717, 1.165) is 15.4 Å². The Bertz CT molecular complexity index is 563. The van der Waals surface area contributed by atoms with Gasteiger partial charge in [0.15, 0.2) is 0 Å². The van der Waals surface area contributed by atoms with Crippen molar-refractivity contribution in [2.24, 2.45) is 7.05 Å². The number of carboxylic acid groups (broad SMARTS) is 1. The predicted molar refractivity (Wildman–Crippen MR) is 65.5 cm³/mol. The first-order chi connectivity index (χ1) is 8.06. The molecule has 1 heterocycles. The number of aromatic nitrogens is 2. The average Bonchev–Trinajstić information content (AvgIpc) is 2.66. The first-order valence-electron chi connectivity index (χ1n) is 5.06. The molecule has 0 spiro atoms. The second kappa shape index (κ2) is 4.63. The minimum Gasteiger partial charge on any atom is -0.478 e. The highest BCUT2D eigenvalue weighted by molar-refractivity contribution is 7.99.